The van der Waals surface area contributed by atoms with Gasteiger partial charge in [-0.1, -0.05) is 78.1 Å². The predicted octanol–water partition coefficient (Wildman–Crippen LogP) is 6.10. The van der Waals surface area contributed by atoms with Crippen LogP contribution in [0.4, 0.5) is 0 Å². The van der Waals surface area contributed by atoms with E-state index in [-0.39, 0.29) is 5.97 Å². The average molecular weight is 391 g/mol. The van der Waals surface area contributed by atoms with Gasteiger partial charge < -0.3 is 4.74 Å². The van der Waals surface area contributed by atoms with E-state index in [2.05, 4.69) is 13.8 Å². The lowest BCUT2D eigenvalue weighted by Crippen LogP contribution is -2.08. The first-order valence-electron chi connectivity index (χ1n) is 10.9. The molecule has 0 saturated heterocycles. The van der Waals surface area contributed by atoms with E-state index in [0.29, 0.717) is 25.4 Å². The molecule has 0 aromatic heterocycles. The highest BCUT2D eigenvalue weighted by Crippen LogP contribution is 2.07. The third kappa shape index (κ3) is 19.9. The van der Waals surface area contributed by atoms with Gasteiger partial charge in [0.25, 0.3) is 0 Å². The summed E-state index contributed by atoms with van der Waals surface area (Å²) in [6.07, 6.45) is 16.3. The Balaban J connectivity index is 3.31. The minimum atomic E-state index is -1.21. The van der Waals surface area contributed by atoms with Crippen LogP contribution < -0.4 is 0 Å². The molecule has 1 unspecified atom stereocenters. The maximum atomic E-state index is 11.7. The summed E-state index contributed by atoms with van der Waals surface area (Å²) in [5.41, 5.74) is 0. The summed E-state index contributed by atoms with van der Waals surface area (Å²) >= 11 is -1.21. The summed E-state index contributed by atoms with van der Waals surface area (Å²) in [6.45, 7) is 5.54. The van der Waals surface area contributed by atoms with Crippen molar-refractivity contribution < 1.29 is 17.9 Å². The summed E-state index contributed by atoms with van der Waals surface area (Å²) < 4.78 is 22.3. The summed E-state index contributed by atoms with van der Waals surface area (Å²) in [5.74, 6) is 0.387. The van der Waals surface area contributed by atoms with Crippen molar-refractivity contribution in [3.05, 3.63) is 0 Å². The smallest absolute Gasteiger partial charge is 0.305 e. The van der Waals surface area contributed by atoms with E-state index in [1.165, 1.54) is 51.4 Å². The van der Waals surface area contributed by atoms with Crippen molar-refractivity contribution in [2.45, 2.75) is 110 Å². The molecule has 0 fully saturated rings. The number of rotatable bonds is 20. The molecule has 0 aromatic rings. The number of hydrogen-bond acceptors (Lipinski definition) is 4. The molecule has 156 valence electrons. The third-order valence-electron chi connectivity index (χ3n) is 4.42. The lowest BCUT2D eigenvalue weighted by Gasteiger charge is -2.06. The molecule has 5 heteroatoms. The quantitative estimate of drug-likeness (QED) is 0.186. The highest BCUT2D eigenvalue weighted by atomic mass is 32.2. The molecule has 4 nitrogen and oxygen atoms in total. The van der Waals surface area contributed by atoms with Crippen LogP contribution in [0.1, 0.15) is 110 Å². The molecular formula is C21H42O4S. The van der Waals surface area contributed by atoms with Gasteiger partial charge in [0.15, 0.2) is 11.1 Å². The van der Waals surface area contributed by atoms with Gasteiger partial charge in [-0.2, -0.15) is 0 Å². The van der Waals surface area contributed by atoms with Gasteiger partial charge >= 0.3 is 5.97 Å². The van der Waals surface area contributed by atoms with E-state index >= 15 is 0 Å². The Morgan fingerprint density at radius 3 is 1.85 bits per heavy atom. The number of carbonyl (C=O) groups is 1. The maximum Gasteiger partial charge on any atom is 0.305 e. The first-order valence-corrected chi connectivity index (χ1v) is 12.1. The Morgan fingerprint density at radius 1 is 0.692 bits per heavy atom. The Hall–Kier alpha value is -0.420. The Bertz CT molecular complexity index is 302. The first-order chi connectivity index (χ1) is 12.7. The van der Waals surface area contributed by atoms with Crippen molar-refractivity contribution in [2.24, 2.45) is 0 Å². The van der Waals surface area contributed by atoms with E-state index in [1.807, 2.05) is 0 Å². The molecule has 0 N–H and O–H groups in total. The van der Waals surface area contributed by atoms with Crippen molar-refractivity contribution in [3.63, 3.8) is 0 Å². The van der Waals surface area contributed by atoms with Crippen LogP contribution >= 0.6 is 0 Å². The van der Waals surface area contributed by atoms with Crippen LogP contribution in [0.3, 0.4) is 0 Å². The lowest BCUT2D eigenvalue weighted by atomic mass is 10.1. The van der Waals surface area contributed by atoms with Gasteiger partial charge in [0.2, 0.25) is 0 Å². The molecule has 1 atom stereocenters. The first kappa shape index (κ1) is 25.6. The molecule has 0 aromatic carbocycles. The fourth-order valence-electron chi connectivity index (χ4n) is 2.72. The van der Waals surface area contributed by atoms with E-state index in [9.17, 15) is 9.00 Å². The largest absolute Gasteiger partial charge is 0.466 e. The Morgan fingerprint density at radius 2 is 1.23 bits per heavy atom. The minimum absolute atomic E-state index is 0.127. The minimum Gasteiger partial charge on any atom is -0.466 e. The second-order valence-electron chi connectivity index (χ2n) is 7.04. The van der Waals surface area contributed by atoms with Gasteiger partial charge in [-0.25, -0.2) is 4.21 Å². The zero-order chi connectivity index (χ0) is 19.3. The van der Waals surface area contributed by atoms with Crippen LogP contribution in [-0.4, -0.2) is 29.1 Å². The zero-order valence-corrected chi connectivity index (χ0v) is 18.1. The SMILES string of the molecule is CCCCCCCCOC(=O)CCCCS(=O)OCCCCCCCC. The van der Waals surface area contributed by atoms with Crippen molar-refractivity contribution in [2.75, 3.05) is 19.0 Å². The molecule has 0 aliphatic rings. The van der Waals surface area contributed by atoms with Crippen LogP contribution in [0, 0.1) is 0 Å². The standard InChI is InChI=1S/C21H42O4S/c1-3-5-7-9-11-14-18-24-21(22)17-13-16-20-26(23)25-19-15-12-10-8-6-4-2/h3-20H2,1-2H3. The van der Waals surface area contributed by atoms with Gasteiger partial charge in [0.1, 0.15) is 0 Å². The molecule has 0 spiro atoms. The molecule has 0 aliphatic heterocycles. The van der Waals surface area contributed by atoms with Crippen molar-refractivity contribution >= 4 is 17.0 Å². The highest BCUT2D eigenvalue weighted by molar-refractivity contribution is 7.80. The van der Waals surface area contributed by atoms with Crippen molar-refractivity contribution in [1.82, 2.24) is 0 Å². The average Bonchev–Trinajstić information content (AvgIpc) is 2.64. The molecule has 0 rings (SSSR count). The number of esters is 1. The summed E-state index contributed by atoms with van der Waals surface area (Å²) in [4.78, 5) is 11.6. The molecule has 0 saturated carbocycles. The molecule has 0 aliphatic carbocycles. The normalized spacial score (nSPS) is 12.2. The third-order valence-corrected chi connectivity index (χ3v) is 5.47. The van der Waals surface area contributed by atoms with Crippen LogP contribution in [0.25, 0.3) is 0 Å². The maximum absolute atomic E-state index is 11.7. The summed E-state index contributed by atoms with van der Waals surface area (Å²) in [6, 6.07) is 0. The van der Waals surface area contributed by atoms with Crippen LogP contribution in [-0.2, 0) is 24.8 Å². The van der Waals surface area contributed by atoms with Crippen LogP contribution in [0.15, 0.2) is 0 Å². The van der Waals surface area contributed by atoms with Gasteiger partial charge in [0, 0.05) is 12.2 Å². The second kappa shape index (κ2) is 20.9. The Kier molecular flexibility index (Phi) is 20.5. The molecule has 0 amide bonds. The number of hydrogen-bond donors (Lipinski definition) is 0. The van der Waals surface area contributed by atoms with Gasteiger partial charge in [-0.05, 0) is 25.7 Å². The molecule has 26 heavy (non-hydrogen) atoms. The molecule has 0 bridgehead atoms. The number of carbonyl (C=O) groups excluding carboxylic acids is 1. The van der Waals surface area contributed by atoms with Gasteiger partial charge in [0.05, 0.1) is 13.2 Å². The van der Waals surface area contributed by atoms with Crippen molar-refractivity contribution in [3.8, 4) is 0 Å². The Labute approximate surface area is 164 Å². The fourth-order valence-corrected chi connectivity index (χ4v) is 3.58. The fraction of sp³-hybridized carbons (Fsp3) is 0.952. The molecule has 0 radical (unpaired) electrons. The summed E-state index contributed by atoms with van der Waals surface area (Å²) in [5, 5.41) is 0. The topological polar surface area (TPSA) is 52.6 Å². The zero-order valence-electron chi connectivity index (χ0n) is 17.3. The van der Waals surface area contributed by atoms with Crippen LogP contribution in [0.2, 0.25) is 0 Å². The van der Waals surface area contributed by atoms with E-state index in [4.69, 9.17) is 8.92 Å². The van der Waals surface area contributed by atoms with Crippen molar-refractivity contribution in [1.29, 1.82) is 0 Å². The van der Waals surface area contributed by atoms with E-state index in [1.54, 1.807) is 0 Å². The van der Waals surface area contributed by atoms with E-state index in [0.717, 1.165) is 38.5 Å². The molecular weight excluding hydrogens is 348 g/mol. The predicted molar refractivity (Wildman–Crippen MR) is 111 cm³/mol. The lowest BCUT2D eigenvalue weighted by molar-refractivity contribution is -0.143. The monoisotopic (exact) mass is 390 g/mol. The van der Waals surface area contributed by atoms with Gasteiger partial charge in [-0.15, -0.1) is 0 Å². The highest BCUT2D eigenvalue weighted by Gasteiger charge is 2.05. The van der Waals surface area contributed by atoms with Crippen LogP contribution in [0.5, 0.6) is 0 Å². The van der Waals surface area contributed by atoms with Gasteiger partial charge in [-0.3, -0.25) is 8.98 Å². The second-order valence-corrected chi connectivity index (χ2v) is 8.29. The molecule has 0 heterocycles. The summed E-state index contributed by atoms with van der Waals surface area (Å²) in [7, 11) is 0. The number of ether oxygens (including phenoxy) is 1. The van der Waals surface area contributed by atoms with E-state index < -0.39 is 11.1 Å². The number of unbranched alkanes of at least 4 members (excludes halogenated alkanes) is 11.